The number of carbonyl (C=O) groups excluding carboxylic acids is 2. The molecule has 3 N–H and O–H groups in total. The van der Waals surface area contributed by atoms with Gasteiger partial charge in [0.25, 0.3) is 0 Å². The van der Waals surface area contributed by atoms with Crippen LogP contribution < -0.4 is 11.1 Å². The summed E-state index contributed by atoms with van der Waals surface area (Å²) in [4.78, 5) is 25.3. The van der Waals surface area contributed by atoms with Gasteiger partial charge >= 0.3 is 0 Å². The predicted octanol–water partition coefficient (Wildman–Crippen LogP) is -0.148. The molecule has 2 unspecified atom stereocenters. The maximum atomic E-state index is 12.3. The molecule has 1 saturated carbocycles. The molecule has 5 nitrogen and oxygen atoms in total. The SMILES string of the molecule is NC1CCCC(C(=O)N2CCNC(=O)CC2)C1. The van der Waals surface area contributed by atoms with Crippen LogP contribution in [0.5, 0.6) is 0 Å². The minimum absolute atomic E-state index is 0.0423. The van der Waals surface area contributed by atoms with Gasteiger partial charge in [-0.2, -0.15) is 0 Å². The Balaban J connectivity index is 1.91. The van der Waals surface area contributed by atoms with Gasteiger partial charge in [-0.05, 0) is 19.3 Å². The standard InChI is InChI=1S/C12H21N3O2/c13-10-3-1-2-9(8-10)12(17)15-6-4-11(16)14-5-7-15/h9-10H,1-8,13H2,(H,14,16). The van der Waals surface area contributed by atoms with Crippen LogP contribution in [-0.2, 0) is 9.59 Å². The zero-order valence-electron chi connectivity index (χ0n) is 10.2. The molecule has 0 spiro atoms. The van der Waals surface area contributed by atoms with Crippen molar-refractivity contribution in [2.75, 3.05) is 19.6 Å². The third-order valence-corrected chi connectivity index (χ3v) is 3.69. The number of hydrogen-bond acceptors (Lipinski definition) is 3. The normalized spacial score (nSPS) is 30.6. The quantitative estimate of drug-likeness (QED) is 0.668. The summed E-state index contributed by atoms with van der Waals surface area (Å²) in [6.07, 6.45) is 4.25. The molecule has 1 aliphatic carbocycles. The Labute approximate surface area is 102 Å². The second kappa shape index (κ2) is 5.49. The molecular formula is C12H21N3O2. The highest BCUT2D eigenvalue weighted by Crippen LogP contribution is 2.25. The fraction of sp³-hybridized carbons (Fsp3) is 0.833. The number of nitrogens with two attached hydrogens (primary N) is 1. The number of carbonyl (C=O) groups is 2. The molecule has 1 aliphatic heterocycles. The second-order valence-electron chi connectivity index (χ2n) is 5.05. The molecule has 2 amide bonds. The van der Waals surface area contributed by atoms with E-state index in [4.69, 9.17) is 5.73 Å². The van der Waals surface area contributed by atoms with Crippen LogP contribution in [0, 0.1) is 5.92 Å². The van der Waals surface area contributed by atoms with E-state index in [0.717, 1.165) is 25.7 Å². The average molecular weight is 239 g/mol. The van der Waals surface area contributed by atoms with Crippen molar-refractivity contribution in [1.29, 1.82) is 0 Å². The molecule has 5 heteroatoms. The van der Waals surface area contributed by atoms with Gasteiger partial charge in [0.2, 0.25) is 11.8 Å². The van der Waals surface area contributed by atoms with E-state index in [1.165, 1.54) is 0 Å². The number of nitrogens with one attached hydrogen (secondary N) is 1. The predicted molar refractivity (Wildman–Crippen MR) is 64.1 cm³/mol. The van der Waals surface area contributed by atoms with Crippen LogP contribution in [0.1, 0.15) is 32.1 Å². The monoisotopic (exact) mass is 239 g/mol. The van der Waals surface area contributed by atoms with Crippen LogP contribution in [0.4, 0.5) is 0 Å². The molecule has 0 aromatic rings. The van der Waals surface area contributed by atoms with E-state index in [-0.39, 0.29) is 23.8 Å². The van der Waals surface area contributed by atoms with E-state index < -0.39 is 0 Å². The zero-order valence-corrected chi connectivity index (χ0v) is 10.2. The van der Waals surface area contributed by atoms with E-state index in [1.54, 1.807) is 0 Å². The summed E-state index contributed by atoms with van der Waals surface area (Å²) in [5.41, 5.74) is 5.91. The molecular weight excluding hydrogens is 218 g/mol. The van der Waals surface area contributed by atoms with Crippen molar-refractivity contribution in [3.63, 3.8) is 0 Å². The second-order valence-corrected chi connectivity index (χ2v) is 5.05. The van der Waals surface area contributed by atoms with Crippen LogP contribution in [0.3, 0.4) is 0 Å². The molecule has 96 valence electrons. The Kier molecular flexibility index (Phi) is 3.99. The largest absolute Gasteiger partial charge is 0.354 e. The molecule has 2 rings (SSSR count). The molecule has 0 radical (unpaired) electrons. The topological polar surface area (TPSA) is 75.4 Å². The first-order valence-electron chi connectivity index (χ1n) is 6.48. The zero-order chi connectivity index (χ0) is 12.3. The Morgan fingerprint density at radius 2 is 2.18 bits per heavy atom. The molecule has 1 saturated heterocycles. The summed E-state index contributed by atoms with van der Waals surface area (Å²) in [5.74, 6) is 0.309. The number of amides is 2. The van der Waals surface area contributed by atoms with Crippen LogP contribution in [0.25, 0.3) is 0 Å². The summed E-state index contributed by atoms with van der Waals surface area (Å²) in [6.45, 7) is 1.76. The Morgan fingerprint density at radius 1 is 1.35 bits per heavy atom. The van der Waals surface area contributed by atoms with E-state index >= 15 is 0 Å². The van der Waals surface area contributed by atoms with Gasteiger partial charge in [-0.25, -0.2) is 0 Å². The van der Waals surface area contributed by atoms with Crippen LogP contribution in [-0.4, -0.2) is 42.4 Å². The summed E-state index contributed by atoms with van der Waals surface area (Å²) in [7, 11) is 0. The molecule has 2 fully saturated rings. The Bertz CT molecular complexity index is 306. The first-order chi connectivity index (χ1) is 8.16. The Hall–Kier alpha value is -1.10. The summed E-state index contributed by atoms with van der Waals surface area (Å²) in [6, 6.07) is 0.171. The molecule has 0 bridgehead atoms. The third-order valence-electron chi connectivity index (χ3n) is 3.69. The minimum atomic E-state index is 0.0423. The van der Waals surface area contributed by atoms with E-state index in [2.05, 4.69) is 5.32 Å². The van der Waals surface area contributed by atoms with E-state index in [9.17, 15) is 9.59 Å². The maximum absolute atomic E-state index is 12.3. The van der Waals surface area contributed by atoms with Gasteiger partial charge in [0, 0.05) is 38.0 Å². The van der Waals surface area contributed by atoms with Crippen molar-refractivity contribution in [2.24, 2.45) is 11.7 Å². The van der Waals surface area contributed by atoms with Crippen molar-refractivity contribution < 1.29 is 9.59 Å². The van der Waals surface area contributed by atoms with Gasteiger partial charge in [-0.1, -0.05) is 6.42 Å². The highest BCUT2D eigenvalue weighted by atomic mass is 16.2. The summed E-state index contributed by atoms with van der Waals surface area (Å²) >= 11 is 0. The van der Waals surface area contributed by atoms with Crippen LogP contribution >= 0.6 is 0 Å². The molecule has 17 heavy (non-hydrogen) atoms. The average Bonchev–Trinajstić information content (AvgIpc) is 2.53. The fourth-order valence-corrected chi connectivity index (χ4v) is 2.70. The first kappa shape index (κ1) is 12.4. The van der Waals surface area contributed by atoms with Crippen molar-refractivity contribution in [2.45, 2.75) is 38.1 Å². The van der Waals surface area contributed by atoms with Gasteiger partial charge in [0.1, 0.15) is 0 Å². The lowest BCUT2D eigenvalue weighted by atomic mass is 9.85. The maximum Gasteiger partial charge on any atom is 0.225 e. The van der Waals surface area contributed by atoms with Crippen LogP contribution in [0.15, 0.2) is 0 Å². The molecule has 2 aliphatic rings. The van der Waals surface area contributed by atoms with Crippen molar-refractivity contribution >= 4 is 11.8 Å². The molecule has 1 heterocycles. The van der Waals surface area contributed by atoms with Gasteiger partial charge < -0.3 is 16.0 Å². The third kappa shape index (κ3) is 3.19. The lowest BCUT2D eigenvalue weighted by Crippen LogP contribution is -2.42. The van der Waals surface area contributed by atoms with Gasteiger partial charge in [0.15, 0.2) is 0 Å². The fourth-order valence-electron chi connectivity index (χ4n) is 2.70. The number of hydrogen-bond donors (Lipinski definition) is 2. The minimum Gasteiger partial charge on any atom is -0.354 e. The first-order valence-corrected chi connectivity index (χ1v) is 6.48. The number of rotatable bonds is 1. The summed E-state index contributed by atoms with van der Waals surface area (Å²) < 4.78 is 0. The smallest absolute Gasteiger partial charge is 0.225 e. The van der Waals surface area contributed by atoms with Crippen molar-refractivity contribution in [3.05, 3.63) is 0 Å². The molecule has 0 aromatic heterocycles. The van der Waals surface area contributed by atoms with E-state index in [1.807, 2.05) is 4.90 Å². The summed E-state index contributed by atoms with van der Waals surface area (Å²) in [5, 5.41) is 2.78. The van der Waals surface area contributed by atoms with Crippen molar-refractivity contribution in [3.8, 4) is 0 Å². The highest BCUT2D eigenvalue weighted by Gasteiger charge is 2.29. The van der Waals surface area contributed by atoms with Crippen LogP contribution in [0.2, 0.25) is 0 Å². The van der Waals surface area contributed by atoms with Crippen molar-refractivity contribution in [1.82, 2.24) is 10.2 Å². The Morgan fingerprint density at radius 3 is 2.94 bits per heavy atom. The number of nitrogens with zero attached hydrogens (tertiary/aromatic N) is 1. The lowest BCUT2D eigenvalue weighted by molar-refractivity contribution is -0.136. The van der Waals surface area contributed by atoms with Gasteiger partial charge in [-0.15, -0.1) is 0 Å². The lowest BCUT2D eigenvalue weighted by Gasteiger charge is -2.30. The van der Waals surface area contributed by atoms with Gasteiger partial charge in [0.05, 0.1) is 0 Å². The highest BCUT2D eigenvalue weighted by molar-refractivity contribution is 5.81. The molecule has 0 aromatic carbocycles. The van der Waals surface area contributed by atoms with Gasteiger partial charge in [-0.3, -0.25) is 9.59 Å². The molecule has 2 atom stereocenters. The van der Waals surface area contributed by atoms with E-state index in [0.29, 0.717) is 26.1 Å².